The van der Waals surface area contributed by atoms with Crippen molar-refractivity contribution in [1.29, 1.82) is 0 Å². The largest absolute Gasteiger partial charge is 0.454 e. The first kappa shape index (κ1) is 18.2. The monoisotopic (exact) mass is 443 g/mol. The molecule has 0 aliphatic heterocycles. The maximum Gasteiger partial charge on any atom is 0.292 e. The molecule has 1 amide bonds. The van der Waals surface area contributed by atoms with Crippen molar-refractivity contribution < 1.29 is 13.6 Å². The number of nitrogens with zero attached hydrogens (tertiary/aromatic N) is 4. The number of furan rings is 1. The minimum atomic E-state index is -0.427. The van der Waals surface area contributed by atoms with Gasteiger partial charge < -0.3 is 9.73 Å². The van der Waals surface area contributed by atoms with Gasteiger partial charge >= 0.3 is 0 Å². The third-order valence-electron chi connectivity index (χ3n) is 4.00. The molecule has 0 atom stereocenters. The van der Waals surface area contributed by atoms with Gasteiger partial charge in [0.05, 0.1) is 17.6 Å². The maximum atomic E-state index is 13.8. The van der Waals surface area contributed by atoms with E-state index in [1.54, 1.807) is 52.1 Å². The molecule has 0 aliphatic carbocycles. The molecule has 1 N–H and O–H groups in total. The van der Waals surface area contributed by atoms with Crippen LogP contribution in [0.3, 0.4) is 0 Å². The van der Waals surface area contributed by atoms with Crippen LogP contribution in [-0.4, -0.2) is 25.5 Å². The zero-order valence-corrected chi connectivity index (χ0v) is 16.1. The molecule has 3 aromatic heterocycles. The van der Waals surface area contributed by atoms with E-state index in [-0.39, 0.29) is 18.1 Å². The molecule has 0 aliphatic rings. The van der Waals surface area contributed by atoms with Crippen LogP contribution in [0.5, 0.6) is 0 Å². The summed E-state index contributed by atoms with van der Waals surface area (Å²) in [5.41, 5.74) is 0.504. The molecule has 0 radical (unpaired) electrons. The number of carbonyl (C=O) groups excluding carboxylic acids is 1. The van der Waals surface area contributed by atoms with Crippen LogP contribution in [0.2, 0.25) is 0 Å². The number of hydrogen-bond acceptors (Lipinski definition) is 4. The number of amides is 1. The van der Waals surface area contributed by atoms with Crippen molar-refractivity contribution in [2.45, 2.75) is 13.1 Å². The van der Waals surface area contributed by atoms with Crippen LogP contribution in [0.4, 0.5) is 10.2 Å². The van der Waals surface area contributed by atoms with Gasteiger partial charge in [-0.05, 0) is 40.2 Å². The molecule has 0 bridgehead atoms. The lowest BCUT2D eigenvalue weighted by atomic mass is 10.2. The van der Waals surface area contributed by atoms with Crippen LogP contribution in [0.15, 0.2) is 69.9 Å². The number of nitrogens with one attached hydrogen (secondary N) is 1. The number of rotatable bonds is 6. The van der Waals surface area contributed by atoms with Crippen molar-refractivity contribution in [3.05, 3.63) is 88.4 Å². The Morgan fingerprint density at radius 2 is 2.00 bits per heavy atom. The van der Waals surface area contributed by atoms with Gasteiger partial charge in [0.25, 0.3) is 5.91 Å². The molecule has 7 nitrogen and oxygen atoms in total. The van der Waals surface area contributed by atoms with Gasteiger partial charge in [0.2, 0.25) is 0 Å². The average Bonchev–Trinajstić information content (AvgIpc) is 3.41. The molecule has 4 rings (SSSR count). The Morgan fingerprint density at radius 1 is 1.14 bits per heavy atom. The molecule has 0 unspecified atom stereocenters. The second kappa shape index (κ2) is 7.81. The Morgan fingerprint density at radius 3 is 2.79 bits per heavy atom. The van der Waals surface area contributed by atoms with Crippen molar-refractivity contribution in [2.24, 2.45) is 0 Å². The van der Waals surface area contributed by atoms with Gasteiger partial charge in [0.15, 0.2) is 11.6 Å². The topological polar surface area (TPSA) is 77.9 Å². The summed E-state index contributed by atoms with van der Waals surface area (Å²) in [6.45, 7) is 0.678. The second-order valence-electron chi connectivity index (χ2n) is 6.04. The van der Waals surface area contributed by atoms with Crippen LogP contribution in [0, 0.1) is 5.82 Å². The number of hydrogen-bond donors (Lipinski definition) is 1. The Labute approximate surface area is 167 Å². The molecule has 1 aromatic carbocycles. The summed E-state index contributed by atoms with van der Waals surface area (Å²) in [6.07, 6.45) is 5.15. The van der Waals surface area contributed by atoms with Crippen molar-refractivity contribution in [3.63, 3.8) is 0 Å². The van der Waals surface area contributed by atoms with Gasteiger partial charge in [-0.2, -0.15) is 10.2 Å². The fourth-order valence-electron chi connectivity index (χ4n) is 2.67. The summed E-state index contributed by atoms with van der Waals surface area (Å²) < 4.78 is 23.2. The Balaban J connectivity index is 1.44. The quantitative estimate of drug-likeness (QED) is 0.489. The lowest BCUT2D eigenvalue weighted by molar-refractivity contribution is 0.0994. The van der Waals surface area contributed by atoms with Crippen LogP contribution in [-0.2, 0) is 13.1 Å². The third kappa shape index (κ3) is 4.04. The molecule has 0 fully saturated rings. The predicted octanol–water partition coefficient (Wildman–Crippen LogP) is 3.92. The minimum absolute atomic E-state index is 0.165. The highest BCUT2D eigenvalue weighted by Crippen LogP contribution is 2.22. The van der Waals surface area contributed by atoms with Gasteiger partial charge in [0.1, 0.15) is 11.6 Å². The third-order valence-corrected chi connectivity index (χ3v) is 4.58. The summed E-state index contributed by atoms with van der Waals surface area (Å²) in [5.74, 6) is 0.366. The average molecular weight is 444 g/mol. The van der Waals surface area contributed by atoms with E-state index in [0.29, 0.717) is 28.2 Å². The van der Waals surface area contributed by atoms with Gasteiger partial charge in [0, 0.05) is 24.2 Å². The van der Waals surface area contributed by atoms with E-state index in [4.69, 9.17) is 4.42 Å². The molecule has 142 valence electrons. The van der Waals surface area contributed by atoms with Crippen molar-refractivity contribution >= 4 is 27.7 Å². The first-order valence-corrected chi connectivity index (χ1v) is 9.21. The fraction of sp³-hybridized carbons (Fsp3) is 0.105. The van der Waals surface area contributed by atoms with Crippen LogP contribution < -0.4 is 5.32 Å². The standard InChI is InChI=1S/C19H15BrFN5O2/c20-15-12-26(10-13-4-1-2-5-16(13)21)24-18(15)23-19(27)17-7-6-14(28-17)11-25-9-3-8-22-25/h1-9,12H,10-11H2,(H,23,24,27). The fourth-order valence-corrected chi connectivity index (χ4v) is 3.09. The summed E-state index contributed by atoms with van der Waals surface area (Å²) in [7, 11) is 0. The van der Waals surface area contributed by atoms with E-state index in [1.165, 1.54) is 6.07 Å². The van der Waals surface area contributed by atoms with Crippen molar-refractivity contribution in [1.82, 2.24) is 19.6 Å². The minimum Gasteiger partial charge on any atom is -0.454 e. The number of benzene rings is 1. The van der Waals surface area contributed by atoms with Crippen molar-refractivity contribution in [2.75, 3.05) is 5.32 Å². The SMILES string of the molecule is O=C(Nc1nn(Cc2ccccc2F)cc1Br)c1ccc(Cn2cccn2)o1. The molecule has 28 heavy (non-hydrogen) atoms. The van der Waals surface area contributed by atoms with Crippen LogP contribution in [0.1, 0.15) is 21.9 Å². The molecular weight excluding hydrogens is 429 g/mol. The number of anilines is 1. The maximum absolute atomic E-state index is 13.8. The number of halogens is 2. The first-order chi connectivity index (χ1) is 13.6. The zero-order valence-electron chi connectivity index (χ0n) is 14.5. The Hall–Kier alpha value is -3.20. The summed E-state index contributed by atoms with van der Waals surface area (Å²) >= 11 is 3.36. The Bertz CT molecular complexity index is 1100. The molecule has 0 spiro atoms. The lowest BCUT2D eigenvalue weighted by Gasteiger charge is -2.03. The zero-order chi connectivity index (χ0) is 19.5. The Kier molecular flexibility index (Phi) is 5.07. The summed E-state index contributed by atoms with van der Waals surface area (Å²) in [5, 5.41) is 11.1. The van der Waals surface area contributed by atoms with Gasteiger partial charge in [-0.3, -0.25) is 14.2 Å². The van der Waals surface area contributed by atoms with E-state index in [9.17, 15) is 9.18 Å². The molecule has 9 heteroatoms. The van der Waals surface area contributed by atoms with Gasteiger partial charge in [-0.1, -0.05) is 18.2 Å². The van der Waals surface area contributed by atoms with E-state index >= 15 is 0 Å². The van der Waals surface area contributed by atoms with E-state index in [1.807, 2.05) is 12.3 Å². The molecule has 4 aromatic rings. The second-order valence-corrected chi connectivity index (χ2v) is 6.89. The normalized spacial score (nSPS) is 10.9. The van der Waals surface area contributed by atoms with E-state index < -0.39 is 5.91 Å². The van der Waals surface area contributed by atoms with Gasteiger partial charge in [-0.15, -0.1) is 0 Å². The number of carbonyl (C=O) groups is 1. The predicted molar refractivity (Wildman–Crippen MR) is 103 cm³/mol. The summed E-state index contributed by atoms with van der Waals surface area (Å²) in [4.78, 5) is 12.4. The van der Waals surface area contributed by atoms with E-state index in [2.05, 4.69) is 31.4 Å². The summed E-state index contributed by atoms with van der Waals surface area (Å²) in [6, 6.07) is 11.6. The molecule has 0 saturated carbocycles. The van der Waals surface area contributed by atoms with Crippen LogP contribution in [0.25, 0.3) is 0 Å². The van der Waals surface area contributed by atoms with E-state index in [0.717, 1.165) is 0 Å². The lowest BCUT2D eigenvalue weighted by Crippen LogP contribution is -2.12. The molecule has 0 saturated heterocycles. The first-order valence-electron chi connectivity index (χ1n) is 8.42. The highest BCUT2D eigenvalue weighted by molar-refractivity contribution is 9.10. The smallest absolute Gasteiger partial charge is 0.292 e. The highest BCUT2D eigenvalue weighted by Gasteiger charge is 2.16. The molecular formula is C19H15BrFN5O2. The van der Waals surface area contributed by atoms with Crippen LogP contribution >= 0.6 is 15.9 Å². The van der Waals surface area contributed by atoms with Gasteiger partial charge in [-0.25, -0.2) is 4.39 Å². The van der Waals surface area contributed by atoms with Crippen molar-refractivity contribution in [3.8, 4) is 0 Å². The number of aromatic nitrogens is 4. The molecule has 3 heterocycles. The highest BCUT2D eigenvalue weighted by atomic mass is 79.9.